The molecule has 4 nitrogen and oxygen atoms in total. The maximum atomic E-state index is 11.8. The van der Waals surface area contributed by atoms with E-state index in [9.17, 15) is 4.79 Å². The first-order valence-electron chi connectivity index (χ1n) is 8.86. The lowest BCUT2D eigenvalue weighted by Gasteiger charge is -2.06. The van der Waals surface area contributed by atoms with Crippen molar-refractivity contribution in [2.24, 2.45) is 5.10 Å². The molecule has 0 bridgehead atoms. The molecular formula is C21H26N2O2. The third-order valence-electron chi connectivity index (χ3n) is 3.76. The molecule has 0 saturated heterocycles. The van der Waals surface area contributed by atoms with E-state index in [4.69, 9.17) is 4.74 Å². The van der Waals surface area contributed by atoms with Gasteiger partial charge in [0.15, 0.2) is 0 Å². The van der Waals surface area contributed by atoms with Gasteiger partial charge in [-0.2, -0.15) is 5.10 Å². The smallest absolute Gasteiger partial charge is 0.244 e. The molecule has 25 heavy (non-hydrogen) atoms. The highest BCUT2D eigenvalue weighted by atomic mass is 16.5. The molecule has 0 saturated carbocycles. The van der Waals surface area contributed by atoms with Crippen LogP contribution in [0.1, 0.15) is 43.7 Å². The molecule has 0 aromatic heterocycles. The van der Waals surface area contributed by atoms with Crippen molar-refractivity contribution >= 4 is 12.1 Å². The lowest BCUT2D eigenvalue weighted by Crippen LogP contribution is -2.19. The predicted molar refractivity (Wildman–Crippen MR) is 102 cm³/mol. The van der Waals surface area contributed by atoms with Gasteiger partial charge in [0.05, 0.1) is 19.2 Å². The summed E-state index contributed by atoms with van der Waals surface area (Å²) in [4.78, 5) is 11.8. The van der Waals surface area contributed by atoms with Gasteiger partial charge in [0.2, 0.25) is 5.91 Å². The summed E-state index contributed by atoms with van der Waals surface area (Å²) in [6, 6.07) is 17.3. The van der Waals surface area contributed by atoms with Crippen LogP contribution in [0.5, 0.6) is 5.75 Å². The van der Waals surface area contributed by atoms with Crippen LogP contribution in [0.3, 0.4) is 0 Å². The molecule has 4 heteroatoms. The molecule has 2 aromatic carbocycles. The number of nitrogens with zero attached hydrogens (tertiary/aromatic N) is 1. The lowest BCUT2D eigenvalue weighted by molar-refractivity contribution is -0.120. The van der Waals surface area contributed by atoms with E-state index in [2.05, 4.69) is 17.5 Å². The second-order valence-corrected chi connectivity index (χ2v) is 5.93. The van der Waals surface area contributed by atoms with Crippen LogP contribution in [0.15, 0.2) is 59.7 Å². The van der Waals surface area contributed by atoms with Crippen LogP contribution in [0, 0.1) is 0 Å². The number of hydrogen-bond acceptors (Lipinski definition) is 3. The third kappa shape index (κ3) is 7.66. The number of unbranched alkanes of at least 4 members (excludes halogenated alkanes) is 3. The zero-order valence-electron chi connectivity index (χ0n) is 14.8. The molecule has 0 unspecified atom stereocenters. The van der Waals surface area contributed by atoms with Crippen LogP contribution in [-0.4, -0.2) is 18.7 Å². The molecule has 0 heterocycles. The number of hydrogen-bond donors (Lipinski definition) is 1. The number of rotatable bonds is 10. The average molecular weight is 338 g/mol. The van der Waals surface area contributed by atoms with Crippen LogP contribution < -0.4 is 10.2 Å². The minimum Gasteiger partial charge on any atom is -0.494 e. The summed E-state index contributed by atoms with van der Waals surface area (Å²) < 4.78 is 5.70. The molecule has 2 aromatic rings. The standard InChI is InChI=1S/C21H26N2O2/c1-2-3-4-8-15-25-20-13-11-19(12-14-20)17-22-23-21(24)16-18-9-6-5-7-10-18/h5-7,9-14,17H,2-4,8,15-16H2,1H3,(H,23,24)/b22-17+. The van der Waals surface area contributed by atoms with E-state index in [0.29, 0.717) is 6.42 Å². The Labute approximate surface area is 149 Å². The molecule has 0 radical (unpaired) electrons. The number of benzene rings is 2. The molecule has 1 N–H and O–H groups in total. The summed E-state index contributed by atoms with van der Waals surface area (Å²) >= 11 is 0. The van der Waals surface area contributed by atoms with Gasteiger partial charge in [-0.3, -0.25) is 4.79 Å². The Balaban J connectivity index is 1.71. The van der Waals surface area contributed by atoms with Gasteiger partial charge in [-0.1, -0.05) is 56.5 Å². The summed E-state index contributed by atoms with van der Waals surface area (Å²) in [5.74, 6) is 0.733. The third-order valence-corrected chi connectivity index (χ3v) is 3.76. The molecule has 0 fully saturated rings. The number of carbonyl (C=O) groups excluding carboxylic acids is 1. The van der Waals surface area contributed by atoms with Crippen molar-refractivity contribution in [1.29, 1.82) is 0 Å². The predicted octanol–water partition coefficient (Wildman–Crippen LogP) is 4.34. The lowest BCUT2D eigenvalue weighted by atomic mass is 10.1. The van der Waals surface area contributed by atoms with Crippen LogP contribution in [0.2, 0.25) is 0 Å². The SMILES string of the molecule is CCCCCCOc1ccc(/C=N/NC(=O)Cc2ccccc2)cc1. The highest BCUT2D eigenvalue weighted by Crippen LogP contribution is 2.12. The Morgan fingerprint density at radius 2 is 1.80 bits per heavy atom. The van der Waals surface area contributed by atoms with E-state index in [1.807, 2.05) is 54.6 Å². The van der Waals surface area contributed by atoms with Crippen molar-refractivity contribution in [3.05, 3.63) is 65.7 Å². The monoisotopic (exact) mass is 338 g/mol. The first-order chi connectivity index (χ1) is 12.3. The normalized spacial score (nSPS) is 10.8. The van der Waals surface area contributed by atoms with Gasteiger partial charge in [0, 0.05) is 0 Å². The quantitative estimate of drug-likeness (QED) is 0.398. The summed E-state index contributed by atoms with van der Waals surface area (Å²) in [5.41, 5.74) is 4.43. The van der Waals surface area contributed by atoms with E-state index in [1.165, 1.54) is 19.3 Å². The Morgan fingerprint density at radius 1 is 1.04 bits per heavy atom. The van der Waals surface area contributed by atoms with Crippen molar-refractivity contribution in [1.82, 2.24) is 5.43 Å². The van der Waals surface area contributed by atoms with Crippen molar-refractivity contribution in [3.63, 3.8) is 0 Å². The molecule has 132 valence electrons. The van der Waals surface area contributed by atoms with Gasteiger partial charge in [-0.05, 0) is 41.8 Å². The molecule has 1 amide bonds. The maximum Gasteiger partial charge on any atom is 0.244 e. The van der Waals surface area contributed by atoms with Gasteiger partial charge in [-0.25, -0.2) is 5.43 Å². The number of ether oxygens (including phenoxy) is 1. The molecule has 0 atom stereocenters. The molecule has 0 aliphatic carbocycles. The second-order valence-electron chi connectivity index (χ2n) is 5.93. The summed E-state index contributed by atoms with van der Waals surface area (Å²) in [5, 5.41) is 4.00. The minimum atomic E-state index is -0.130. The largest absolute Gasteiger partial charge is 0.494 e. The van der Waals surface area contributed by atoms with Crippen LogP contribution in [0.25, 0.3) is 0 Å². The van der Waals surface area contributed by atoms with E-state index in [-0.39, 0.29) is 5.91 Å². The van der Waals surface area contributed by atoms with Gasteiger partial charge in [-0.15, -0.1) is 0 Å². The topological polar surface area (TPSA) is 50.7 Å². The Morgan fingerprint density at radius 3 is 2.52 bits per heavy atom. The van der Waals surface area contributed by atoms with E-state index < -0.39 is 0 Å². The Hall–Kier alpha value is -2.62. The molecule has 2 rings (SSSR count). The van der Waals surface area contributed by atoms with Crippen LogP contribution in [-0.2, 0) is 11.2 Å². The van der Waals surface area contributed by atoms with Gasteiger partial charge < -0.3 is 4.74 Å². The number of carbonyl (C=O) groups is 1. The zero-order chi connectivity index (χ0) is 17.7. The highest BCUT2D eigenvalue weighted by molar-refractivity contribution is 5.83. The summed E-state index contributed by atoms with van der Waals surface area (Å²) in [7, 11) is 0. The zero-order valence-corrected chi connectivity index (χ0v) is 14.8. The number of amides is 1. The average Bonchev–Trinajstić information content (AvgIpc) is 2.63. The van der Waals surface area contributed by atoms with E-state index in [1.54, 1.807) is 6.21 Å². The summed E-state index contributed by atoms with van der Waals surface area (Å²) in [6.45, 7) is 2.95. The first-order valence-corrected chi connectivity index (χ1v) is 8.86. The first kappa shape index (κ1) is 18.7. The fourth-order valence-corrected chi connectivity index (χ4v) is 2.37. The van der Waals surface area contributed by atoms with Gasteiger partial charge >= 0.3 is 0 Å². The van der Waals surface area contributed by atoms with Gasteiger partial charge in [0.25, 0.3) is 0 Å². The number of hydrazone groups is 1. The van der Waals surface area contributed by atoms with Crippen molar-refractivity contribution < 1.29 is 9.53 Å². The fourth-order valence-electron chi connectivity index (χ4n) is 2.37. The van der Waals surface area contributed by atoms with Crippen molar-refractivity contribution in [3.8, 4) is 5.75 Å². The maximum absolute atomic E-state index is 11.8. The van der Waals surface area contributed by atoms with Crippen LogP contribution in [0.4, 0.5) is 0 Å². The summed E-state index contributed by atoms with van der Waals surface area (Å²) in [6.07, 6.45) is 6.75. The Bertz CT molecular complexity index is 651. The molecule has 0 aliphatic rings. The highest BCUT2D eigenvalue weighted by Gasteiger charge is 2.00. The van der Waals surface area contributed by atoms with E-state index >= 15 is 0 Å². The molecule has 0 spiro atoms. The molecule has 0 aliphatic heterocycles. The fraction of sp³-hybridized carbons (Fsp3) is 0.333. The second kappa shape index (κ2) is 11.0. The number of nitrogens with one attached hydrogen (secondary N) is 1. The molecular weight excluding hydrogens is 312 g/mol. The van der Waals surface area contributed by atoms with E-state index in [0.717, 1.165) is 29.9 Å². The van der Waals surface area contributed by atoms with Gasteiger partial charge in [0.1, 0.15) is 5.75 Å². The van der Waals surface area contributed by atoms with Crippen molar-refractivity contribution in [2.75, 3.05) is 6.61 Å². The Kier molecular flexibility index (Phi) is 8.25. The van der Waals surface area contributed by atoms with Crippen molar-refractivity contribution in [2.45, 2.75) is 39.0 Å². The van der Waals surface area contributed by atoms with Crippen LogP contribution >= 0.6 is 0 Å². The minimum absolute atomic E-state index is 0.130.